The number of benzene rings is 1. The molecule has 200 valence electrons. The van der Waals surface area contributed by atoms with Crippen LogP contribution in [-0.4, -0.2) is 65.9 Å². The Morgan fingerprint density at radius 3 is 2.62 bits per heavy atom. The third-order valence-electron chi connectivity index (χ3n) is 7.35. The zero-order valence-corrected chi connectivity index (χ0v) is 22.1. The summed E-state index contributed by atoms with van der Waals surface area (Å²) in [4.78, 5) is 43.3. The molecule has 6 rings (SSSR count). The van der Waals surface area contributed by atoms with Crippen LogP contribution < -0.4 is 15.8 Å². The van der Waals surface area contributed by atoms with Gasteiger partial charge in [-0.2, -0.15) is 4.98 Å². The van der Waals surface area contributed by atoms with Crippen molar-refractivity contribution in [2.75, 3.05) is 23.8 Å². The number of hydrogen-bond donors (Lipinski definition) is 2. The molecule has 39 heavy (non-hydrogen) atoms. The first-order chi connectivity index (χ1) is 18.7. The number of amides is 1. The highest BCUT2D eigenvalue weighted by atomic mass is 16.3. The first kappa shape index (κ1) is 24.8. The van der Waals surface area contributed by atoms with Gasteiger partial charge in [0, 0.05) is 37.2 Å². The molecule has 0 saturated carbocycles. The largest absolute Gasteiger partial charge is 0.384 e. The van der Waals surface area contributed by atoms with E-state index in [1.54, 1.807) is 47.7 Å². The maximum absolute atomic E-state index is 13.2. The van der Waals surface area contributed by atoms with Crippen molar-refractivity contribution in [2.24, 2.45) is 0 Å². The summed E-state index contributed by atoms with van der Waals surface area (Å²) < 4.78 is 3.12. The molecule has 2 bridgehead atoms. The minimum atomic E-state index is -1.16. The first-order valence-electron chi connectivity index (χ1n) is 12.9. The maximum Gasteiger partial charge on any atom is 0.278 e. The van der Waals surface area contributed by atoms with Crippen molar-refractivity contribution in [3.8, 4) is 5.82 Å². The van der Waals surface area contributed by atoms with Gasteiger partial charge in [-0.1, -0.05) is 12.1 Å². The summed E-state index contributed by atoms with van der Waals surface area (Å²) >= 11 is 0. The van der Waals surface area contributed by atoms with Crippen LogP contribution in [-0.2, 0) is 16.9 Å². The molecule has 2 saturated heterocycles. The van der Waals surface area contributed by atoms with Crippen LogP contribution in [0.5, 0.6) is 0 Å². The molecule has 2 fully saturated rings. The van der Waals surface area contributed by atoms with E-state index in [-0.39, 0.29) is 24.1 Å². The number of anilines is 3. The van der Waals surface area contributed by atoms with Crippen LogP contribution in [0, 0.1) is 0 Å². The van der Waals surface area contributed by atoms with Crippen molar-refractivity contribution in [1.82, 2.24) is 29.2 Å². The number of piperidine rings is 1. The van der Waals surface area contributed by atoms with Crippen molar-refractivity contribution in [3.05, 3.63) is 77.4 Å². The number of fused-ring (bicyclic) bond motifs is 3. The number of aliphatic hydroxyl groups is 1. The average molecular weight is 527 g/mol. The molecule has 2 aliphatic rings. The second kappa shape index (κ2) is 9.05. The smallest absolute Gasteiger partial charge is 0.278 e. The molecule has 2 N–H and O–H groups in total. The number of nitrogens with zero attached hydrogens (tertiary/aromatic N) is 7. The average Bonchev–Trinajstić information content (AvgIpc) is 3.17. The van der Waals surface area contributed by atoms with Crippen LogP contribution in [0.2, 0.25) is 0 Å². The summed E-state index contributed by atoms with van der Waals surface area (Å²) in [7, 11) is 1.86. The summed E-state index contributed by atoms with van der Waals surface area (Å²) in [5.74, 6) is 0.923. The van der Waals surface area contributed by atoms with Gasteiger partial charge in [0.2, 0.25) is 11.9 Å². The van der Waals surface area contributed by atoms with E-state index in [1.165, 1.54) is 10.9 Å². The Morgan fingerprint density at radius 1 is 1.15 bits per heavy atom. The van der Waals surface area contributed by atoms with E-state index in [4.69, 9.17) is 0 Å². The summed E-state index contributed by atoms with van der Waals surface area (Å²) in [5, 5.41) is 14.0. The number of likely N-dealkylation sites (N-methyl/N-ethyl adjacent to an activating group) is 1. The normalized spacial score (nSPS) is 18.8. The van der Waals surface area contributed by atoms with Gasteiger partial charge < -0.3 is 20.2 Å². The lowest BCUT2D eigenvalue weighted by molar-refractivity contribution is -0.138. The number of nitrogens with one attached hydrogen (secondary N) is 1. The molecule has 1 aromatic carbocycles. The molecule has 1 amide bonds. The molecule has 0 spiro atoms. The number of rotatable bonds is 7. The third kappa shape index (κ3) is 4.15. The lowest BCUT2D eigenvalue weighted by Crippen LogP contribution is -2.71. The van der Waals surface area contributed by atoms with E-state index in [9.17, 15) is 14.7 Å². The summed E-state index contributed by atoms with van der Waals surface area (Å²) in [6.45, 7) is 8.08. The monoisotopic (exact) mass is 526 g/mol. The highest BCUT2D eigenvalue weighted by molar-refractivity contribution is 5.89. The molecule has 2 aliphatic heterocycles. The van der Waals surface area contributed by atoms with Crippen LogP contribution >= 0.6 is 0 Å². The zero-order valence-electron chi connectivity index (χ0n) is 22.1. The molecule has 3 aromatic heterocycles. The van der Waals surface area contributed by atoms with Crippen LogP contribution in [0.15, 0.2) is 66.1 Å². The minimum Gasteiger partial charge on any atom is -0.384 e. The number of likely N-dealkylation sites (tertiary alicyclic amines) is 1. The van der Waals surface area contributed by atoms with Crippen LogP contribution in [0.4, 0.5) is 17.3 Å². The Morgan fingerprint density at radius 2 is 1.92 bits per heavy atom. The Labute approximate surface area is 225 Å². The van der Waals surface area contributed by atoms with Crippen LogP contribution in [0.3, 0.4) is 0 Å². The standard InChI is InChI=1S/C28H30N8O3/c1-5-13-34-25(37)20-15-29-27(32-24(20)36(34)23-8-6-7-22(31-23)28(2,3)39)30-17-9-11-18(12-10-17)35-19-14-21(35)26(38)33(4)16-19/h5-12,15,19,21,39H,1,13-14,16H2,2-4H3,(H,29,30,32). The van der Waals surface area contributed by atoms with Crippen molar-refractivity contribution in [2.45, 2.75) is 44.5 Å². The highest BCUT2D eigenvalue weighted by Gasteiger charge is 2.49. The number of pyridine rings is 1. The van der Waals surface area contributed by atoms with Crippen molar-refractivity contribution in [3.63, 3.8) is 0 Å². The first-order valence-corrected chi connectivity index (χ1v) is 12.9. The van der Waals surface area contributed by atoms with Gasteiger partial charge in [0.25, 0.3) is 5.56 Å². The summed E-state index contributed by atoms with van der Waals surface area (Å²) in [6.07, 6.45) is 4.03. The zero-order chi connectivity index (χ0) is 27.5. The van der Waals surface area contributed by atoms with Gasteiger partial charge in [0.15, 0.2) is 11.5 Å². The molecule has 11 nitrogen and oxygen atoms in total. The molecule has 5 heterocycles. The molecule has 0 aliphatic carbocycles. The lowest BCUT2D eigenvalue weighted by Gasteiger charge is -2.55. The van der Waals surface area contributed by atoms with E-state index < -0.39 is 5.60 Å². The number of aromatic nitrogens is 5. The topological polar surface area (TPSA) is 121 Å². The fourth-order valence-corrected chi connectivity index (χ4v) is 5.37. The Kier molecular flexibility index (Phi) is 5.76. The van der Waals surface area contributed by atoms with E-state index >= 15 is 0 Å². The molecule has 0 radical (unpaired) electrons. The number of carbonyl (C=O) groups excluding carboxylic acids is 1. The van der Waals surface area contributed by atoms with E-state index in [2.05, 4.69) is 31.7 Å². The van der Waals surface area contributed by atoms with E-state index in [0.29, 0.717) is 34.5 Å². The molecular formula is C28H30N8O3. The van der Waals surface area contributed by atoms with Gasteiger partial charge >= 0.3 is 0 Å². The Balaban J connectivity index is 1.33. The molecular weight excluding hydrogens is 496 g/mol. The number of piperazine rings is 1. The summed E-state index contributed by atoms with van der Waals surface area (Å²) in [6, 6.07) is 13.4. The number of carbonyl (C=O) groups is 1. The second-order valence-corrected chi connectivity index (χ2v) is 10.6. The van der Waals surface area contributed by atoms with E-state index in [1.807, 2.05) is 31.3 Å². The van der Waals surface area contributed by atoms with Gasteiger partial charge in [-0.15, -0.1) is 6.58 Å². The Hall–Kier alpha value is -4.51. The van der Waals surface area contributed by atoms with Gasteiger partial charge in [0.1, 0.15) is 17.0 Å². The number of hydrogen-bond acceptors (Lipinski definition) is 8. The maximum atomic E-state index is 13.2. The lowest BCUT2D eigenvalue weighted by atomic mass is 9.86. The summed E-state index contributed by atoms with van der Waals surface area (Å²) in [5.41, 5.74) is 1.20. The predicted molar refractivity (Wildman–Crippen MR) is 148 cm³/mol. The van der Waals surface area contributed by atoms with Gasteiger partial charge in [-0.05, 0) is 56.7 Å². The fourth-order valence-electron chi connectivity index (χ4n) is 5.37. The van der Waals surface area contributed by atoms with Crippen LogP contribution in [0.1, 0.15) is 26.0 Å². The molecule has 4 aromatic rings. The SMILES string of the molecule is C=CCn1c(=O)c2cnc(Nc3ccc(N4C5CC4C(=O)N(C)C5)cc3)nc2n1-c1cccc(C(C)(C)O)n1. The fraction of sp³-hybridized carbons (Fsp3) is 0.321. The number of allylic oxidation sites excluding steroid dienone is 1. The molecule has 2 unspecified atom stereocenters. The van der Waals surface area contributed by atoms with Gasteiger partial charge in [0.05, 0.1) is 12.2 Å². The third-order valence-corrected chi connectivity index (χ3v) is 7.35. The van der Waals surface area contributed by atoms with E-state index in [0.717, 1.165) is 24.3 Å². The minimum absolute atomic E-state index is 0.0850. The molecule has 11 heteroatoms. The predicted octanol–water partition coefficient (Wildman–Crippen LogP) is 2.55. The van der Waals surface area contributed by atoms with Crippen molar-refractivity contribution in [1.29, 1.82) is 0 Å². The van der Waals surface area contributed by atoms with Gasteiger partial charge in [-0.25, -0.2) is 19.3 Å². The van der Waals surface area contributed by atoms with Gasteiger partial charge in [-0.3, -0.25) is 9.59 Å². The van der Waals surface area contributed by atoms with Crippen molar-refractivity contribution >= 4 is 34.3 Å². The second-order valence-electron chi connectivity index (χ2n) is 10.6. The molecule has 2 atom stereocenters. The highest BCUT2D eigenvalue weighted by Crippen LogP contribution is 2.37. The van der Waals surface area contributed by atoms with Crippen LogP contribution in [0.25, 0.3) is 16.9 Å². The quantitative estimate of drug-likeness (QED) is 0.353. The van der Waals surface area contributed by atoms with Crippen molar-refractivity contribution < 1.29 is 9.90 Å². The Bertz CT molecular complexity index is 1650.